The molecule has 1 aromatic rings. The standard InChI is InChI=1S/C7H5F5N2/c8-2-1-3(13)6(14)4(5(2)9)7(10,11)12/h1H,13-14H2. The third kappa shape index (κ3) is 1.57. The van der Waals surface area contributed by atoms with Crippen LogP contribution in [0.15, 0.2) is 6.07 Å². The van der Waals surface area contributed by atoms with Crippen molar-refractivity contribution in [2.45, 2.75) is 6.18 Å². The summed E-state index contributed by atoms with van der Waals surface area (Å²) < 4.78 is 61.6. The summed E-state index contributed by atoms with van der Waals surface area (Å²) in [5.74, 6) is -3.71. The molecule has 0 atom stereocenters. The van der Waals surface area contributed by atoms with E-state index < -0.39 is 34.7 Å². The summed E-state index contributed by atoms with van der Waals surface area (Å²) in [4.78, 5) is 0. The van der Waals surface area contributed by atoms with Crippen LogP contribution in [0, 0.1) is 11.6 Å². The molecule has 0 amide bonds. The number of benzene rings is 1. The molecule has 0 aromatic heterocycles. The normalized spacial score (nSPS) is 11.8. The molecule has 0 saturated carbocycles. The molecule has 0 unspecified atom stereocenters. The maximum Gasteiger partial charge on any atom is 0.421 e. The van der Waals surface area contributed by atoms with Crippen LogP contribution in [0.25, 0.3) is 0 Å². The lowest BCUT2D eigenvalue weighted by atomic mass is 10.1. The molecular weight excluding hydrogens is 207 g/mol. The van der Waals surface area contributed by atoms with Crippen molar-refractivity contribution in [3.63, 3.8) is 0 Å². The first kappa shape index (κ1) is 10.6. The van der Waals surface area contributed by atoms with E-state index in [0.717, 1.165) is 0 Å². The van der Waals surface area contributed by atoms with Crippen molar-refractivity contribution in [3.8, 4) is 0 Å². The summed E-state index contributed by atoms with van der Waals surface area (Å²) in [6, 6.07) is 0.403. The average Bonchev–Trinajstić information content (AvgIpc) is 1.98. The highest BCUT2D eigenvalue weighted by atomic mass is 19.4. The fourth-order valence-corrected chi connectivity index (χ4v) is 0.937. The fraction of sp³-hybridized carbons (Fsp3) is 0.143. The molecule has 0 heterocycles. The number of halogens is 5. The molecular formula is C7H5F5N2. The average molecular weight is 212 g/mol. The third-order valence-electron chi connectivity index (χ3n) is 1.58. The maximum absolute atomic E-state index is 12.7. The van der Waals surface area contributed by atoms with Gasteiger partial charge in [0.2, 0.25) is 0 Å². The highest BCUT2D eigenvalue weighted by Gasteiger charge is 2.38. The zero-order chi connectivity index (χ0) is 11.1. The topological polar surface area (TPSA) is 52.0 Å². The van der Waals surface area contributed by atoms with Gasteiger partial charge in [0.15, 0.2) is 11.6 Å². The van der Waals surface area contributed by atoms with Crippen LogP contribution in [-0.4, -0.2) is 0 Å². The number of rotatable bonds is 0. The number of alkyl halides is 3. The van der Waals surface area contributed by atoms with Crippen molar-refractivity contribution in [2.75, 3.05) is 11.5 Å². The Kier molecular flexibility index (Phi) is 2.26. The molecule has 4 N–H and O–H groups in total. The Morgan fingerprint density at radius 1 is 1.07 bits per heavy atom. The van der Waals surface area contributed by atoms with Crippen molar-refractivity contribution in [3.05, 3.63) is 23.3 Å². The number of hydrogen-bond acceptors (Lipinski definition) is 2. The summed E-state index contributed by atoms with van der Waals surface area (Å²) in [6.07, 6.45) is -5.07. The Morgan fingerprint density at radius 2 is 1.57 bits per heavy atom. The molecule has 7 heteroatoms. The van der Waals surface area contributed by atoms with Gasteiger partial charge in [0.25, 0.3) is 0 Å². The third-order valence-corrected chi connectivity index (χ3v) is 1.58. The van der Waals surface area contributed by atoms with Gasteiger partial charge in [0.05, 0.1) is 11.4 Å². The molecule has 0 bridgehead atoms. The summed E-state index contributed by atoms with van der Waals surface area (Å²) in [7, 11) is 0. The fourth-order valence-electron chi connectivity index (χ4n) is 0.937. The predicted molar refractivity (Wildman–Crippen MR) is 40.2 cm³/mol. The van der Waals surface area contributed by atoms with E-state index >= 15 is 0 Å². The van der Waals surface area contributed by atoms with E-state index in [-0.39, 0.29) is 0 Å². The minimum Gasteiger partial charge on any atom is -0.397 e. The Balaban J connectivity index is 3.56. The van der Waals surface area contributed by atoms with Gasteiger partial charge >= 0.3 is 6.18 Å². The zero-order valence-corrected chi connectivity index (χ0v) is 6.62. The van der Waals surface area contributed by atoms with Crippen LogP contribution in [-0.2, 0) is 6.18 Å². The molecule has 1 rings (SSSR count). The van der Waals surface area contributed by atoms with Gasteiger partial charge in [-0.1, -0.05) is 0 Å². The van der Waals surface area contributed by atoms with E-state index in [4.69, 9.17) is 11.5 Å². The van der Waals surface area contributed by atoms with E-state index in [2.05, 4.69) is 0 Å². The van der Waals surface area contributed by atoms with E-state index in [0.29, 0.717) is 6.07 Å². The second-order valence-corrected chi connectivity index (χ2v) is 2.55. The van der Waals surface area contributed by atoms with Crippen molar-refractivity contribution in [1.82, 2.24) is 0 Å². The highest BCUT2D eigenvalue weighted by Crippen LogP contribution is 2.38. The molecule has 0 saturated heterocycles. The first-order chi connectivity index (χ1) is 6.25. The lowest BCUT2D eigenvalue weighted by Crippen LogP contribution is -2.15. The minimum absolute atomic E-state index is 0.403. The first-order valence-corrected chi connectivity index (χ1v) is 3.35. The van der Waals surface area contributed by atoms with Gasteiger partial charge in [-0.05, 0) is 0 Å². The molecule has 0 fully saturated rings. The smallest absolute Gasteiger partial charge is 0.397 e. The Hall–Kier alpha value is -1.53. The molecule has 0 aliphatic carbocycles. The summed E-state index contributed by atoms with van der Waals surface area (Å²) in [5, 5.41) is 0. The number of anilines is 2. The summed E-state index contributed by atoms with van der Waals surface area (Å²) in [5.41, 5.74) is 6.33. The second kappa shape index (κ2) is 3.00. The molecule has 1 aromatic carbocycles. The molecule has 14 heavy (non-hydrogen) atoms. The van der Waals surface area contributed by atoms with Crippen LogP contribution in [0.1, 0.15) is 5.56 Å². The van der Waals surface area contributed by atoms with E-state index in [9.17, 15) is 22.0 Å². The van der Waals surface area contributed by atoms with Crippen molar-refractivity contribution >= 4 is 11.4 Å². The van der Waals surface area contributed by atoms with Crippen molar-refractivity contribution in [1.29, 1.82) is 0 Å². The van der Waals surface area contributed by atoms with Crippen LogP contribution in [0.5, 0.6) is 0 Å². The molecule has 2 nitrogen and oxygen atoms in total. The van der Waals surface area contributed by atoms with Gasteiger partial charge in [-0.2, -0.15) is 13.2 Å². The Bertz CT molecular complexity index is 345. The lowest BCUT2D eigenvalue weighted by molar-refractivity contribution is -0.139. The van der Waals surface area contributed by atoms with Crippen LogP contribution >= 0.6 is 0 Å². The molecule has 0 aliphatic heterocycles. The minimum atomic E-state index is -5.07. The highest BCUT2D eigenvalue weighted by molar-refractivity contribution is 5.68. The molecule has 0 spiro atoms. The first-order valence-electron chi connectivity index (χ1n) is 3.35. The summed E-state index contributed by atoms with van der Waals surface area (Å²) in [6.45, 7) is 0. The zero-order valence-electron chi connectivity index (χ0n) is 6.62. The van der Waals surface area contributed by atoms with Crippen molar-refractivity contribution in [2.24, 2.45) is 0 Å². The van der Waals surface area contributed by atoms with E-state index in [1.54, 1.807) is 0 Å². The lowest BCUT2D eigenvalue weighted by Gasteiger charge is -2.12. The van der Waals surface area contributed by atoms with Crippen LogP contribution < -0.4 is 11.5 Å². The monoisotopic (exact) mass is 212 g/mol. The number of nitrogen functional groups attached to an aromatic ring is 2. The summed E-state index contributed by atoms with van der Waals surface area (Å²) >= 11 is 0. The van der Waals surface area contributed by atoms with E-state index in [1.807, 2.05) is 0 Å². The Labute approximate surface area is 75.3 Å². The molecule has 78 valence electrons. The van der Waals surface area contributed by atoms with Crippen molar-refractivity contribution < 1.29 is 22.0 Å². The predicted octanol–water partition coefficient (Wildman–Crippen LogP) is 2.15. The van der Waals surface area contributed by atoms with Crippen LogP contribution in [0.4, 0.5) is 33.3 Å². The van der Waals surface area contributed by atoms with Gasteiger partial charge in [0.1, 0.15) is 5.56 Å². The largest absolute Gasteiger partial charge is 0.421 e. The van der Waals surface area contributed by atoms with Gasteiger partial charge in [-0.3, -0.25) is 0 Å². The van der Waals surface area contributed by atoms with E-state index in [1.165, 1.54) is 0 Å². The van der Waals surface area contributed by atoms with Gasteiger partial charge in [-0.15, -0.1) is 0 Å². The molecule has 0 aliphatic rings. The Morgan fingerprint density at radius 3 is 2.00 bits per heavy atom. The van der Waals surface area contributed by atoms with Crippen LogP contribution in [0.2, 0.25) is 0 Å². The maximum atomic E-state index is 12.7. The quantitative estimate of drug-likeness (QED) is 0.511. The SMILES string of the molecule is Nc1cc(F)c(F)c(C(F)(F)F)c1N. The second-order valence-electron chi connectivity index (χ2n) is 2.55. The van der Waals surface area contributed by atoms with Gasteiger partial charge in [0, 0.05) is 6.07 Å². The van der Waals surface area contributed by atoms with Gasteiger partial charge in [-0.25, -0.2) is 8.78 Å². The molecule has 0 radical (unpaired) electrons. The number of hydrogen-bond donors (Lipinski definition) is 2. The van der Waals surface area contributed by atoms with Gasteiger partial charge < -0.3 is 11.5 Å². The van der Waals surface area contributed by atoms with Crippen LogP contribution in [0.3, 0.4) is 0 Å². The number of nitrogens with two attached hydrogens (primary N) is 2.